The molecule has 0 spiro atoms. The average Bonchev–Trinajstić information content (AvgIpc) is 3.16. The van der Waals surface area contributed by atoms with Crippen molar-refractivity contribution < 1.29 is 13.9 Å². The van der Waals surface area contributed by atoms with Gasteiger partial charge in [-0.3, -0.25) is 9.36 Å². The molecule has 7 heteroatoms. The summed E-state index contributed by atoms with van der Waals surface area (Å²) in [4.78, 5) is 17.3. The van der Waals surface area contributed by atoms with Crippen LogP contribution in [0.2, 0.25) is 0 Å². The Morgan fingerprint density at radius 2 is 1.72 bits per heavy atom. The van der Waals surface area contributed by atoms with E-state index in [1.165, 1.54) is 36.0 Å². The van der Waals surface area contributed by atoms with E-state index in [1.807, 2.05) is 66.1 Å². The van der Waals surface area contributed by atoms with E-state index in [1.54, 1.807) is 7.11 Å². The molecule has 0 fully saturated rings. The molecule has 0 bridgehead atoms. The van der Waals surface area contributed by atoms with Crippen LogP contribution in [0.1, 0.15) is 5.69 Å². The number of thioether (sulfide) groups is 1. The highest BCUT2D eigenvalue weighted by Crippen LogP contribution is 2.32. The van der Waals surface area contributed by atoms with Crippen molar-refractivity contribution in [3.05, 3.63) is 90.4 Å². The van der Waals surface area contributed by atoms with E-state index >= 15 is 0 Å². The summed E-state index contributed by atoms with van der Waals surface area (Å²) in [6.45, 7) is 2.02. The van der Waals surface area contributed by atoms with Crippen LogP contribution in [0.25, 0.3) is 16.9 Å². The molecule has 0 saturated heterocycles. The van der Waals surface area contributed by atoms with E-state index in [0.29, 0.717) is 10.8 Å². The minimum atomic E-state index is -0.345. The van der Waals surface area contributed by atoms with Crippen LogP contribution in [0, 0.1) is 12.7 Å². The Labute approximate surface area is 190 Å². The standard InChI is InChI=1S/C25H22FN3O2S/c1-17-24(18-6-4-3-5-7-18)28-25(29(17)21-12-14-22(31-2)15-13-21)32-16-23(30)27-20-10-8-19(26)9-11-20/h3-15H,16H2,1-2H3,(H,27,30). The molecule has 5 nitrogen and oxygen atoms in total. The lowest BCUT2D eigenvalue weighted by atomic mass is 10.1. The van der Waals surface area contributed by atoms with Gasteiger partial charge in [0.25, 0.3) is 0 Å². The number of hydrogen-bond donors (Lipinski definition) is 1. The normalized spacial score (nSPS) is 10.7. The Kier molecular flexibility index (Phi) is 6.56. The quantitative estimate of drug-likeness (QED) is 0.368. The number of ether oxygens (including phenoxy) is 1. The zero-order valence-corrected chi connectivity index (χ0v) is 18.5. The number of nitrogens with zero attached hydrogens (tertiary/aromatic N) is 2. The van der Waals surface area contributed by atoms with Crippen molar-refractivity contribution in [3.8, 4) is 22.7 Å². The van der Waals surface area contributed by atoms with E-state index in [0.717, 1.165) is 28.4 Å². The molecule has 32 heavy (non-hydrogen) atoms. The van der Waals surface area contributed by atoms with Gasteiger partial charge in [-0.2, -0.15) is 0 Å². The van der Waals surface area contributed by atoms with Gasteiger partial charge >= 0.3 is 0 Å². The summed E-state index contributed by atoms with van der Waals surface area (Å²) in [6, 6.07) is 23.4. The van der Waals surface area contributed by atoms with Gasteiger partial charge in [0.1, 0.15) is 11.6 Å². The van der Waals surface area contributed by atoms with Crippen LogP contribution in [0.5, 0.6) is 5.75 Å². The summed E-state index contributed by atoms with van der Waals surface area (Å²) >= 11 is 1.35. The first kappa shape index (κ1) is 21.6. The van der Waals surface area contributed by atoms with Crippen LogP contribution in [0.15, 0.2) is 84.0 Å². The van der Waals surface area contributed by atoms with Gasteiger partial charge in [-0.1, -0.05) is 42.1 Å². The van der Waals surface area contributed by atoms with Gasteiger partial charge < -0.3 is 10.1 Å². The smallest absolute Gasteiger partial charge is 0.234 e. The van der Waals surface area contributed by atoms with Crippen LogP contribution < -0.4 is 10.1 Å². The minimum Gasteiger partial charge on any atom is -0.497 e. The van der Waals surface area contributed by atoms with Gasteiger partial charge in [0.05, 0.1) is 18.6 Å². The number of halogens is 1. The SMILES string of the molecule is COc1ccc(-n2c(SCC(=O)Nc3ccc(F)cc3)nc(-c3ccccc3)c2C)cc1. The van der Waals surface area contributed by atoms with E-state index in [4.69, 9.17) is 9.72 Å². The van der Waals surface area contributed by atoms with Crippen LogP contribution >= 0.6 is 11.8 Å². The molecule has 162 valence electrons. The van der Waals surface area contributed by atoms with Crippen molar-refractivity contribution in [2.75, 3.05) is 18.2 Å². The van der Waals surface area contributed by atoms with Gasteiger partial charge in [0, 0.05) is 22.6 Å². The largest absolute Gasteiger partial charge is 0.497 e. The number of methoxy groups -OCH3 is 1. The van der Waals surface area contributed by atoms with Crippen molar-refractivity contribution >= 4 is 23.4 Å². The summed E-state index contributed by atoms with van der Waals surface area (Å²) in [7, 11) is 1.63. The van der Waals surface area contributed by atoms with E-state index < -0.39 is 0 Å². The minimum absolute atomic E-state index is 0.165. The number of anilines is 1. The van der Waals surface area contributed by atoms with Crippen molar-refractivity contribution in [1.29, 1.82) is 0 Å². The second-order valence-electron chi connectivity index (χ2n) is 7.07. The van der Waals surface area contributed by atoms with Crippen LogP contribution in [-0.2, 0) is 4.79 Å². The molecular formula is C25H22FN3O2S. The second kappa shape index (κ2) is 9.70. The Morgan fingerprint density at radius 3 is 2.38 bits per heavy atom. The maximum atomic E-state index is 13.1. The highest BCUT2D eigenvalue weighted by molar-refractivity contribution is 7.99. The fraction of sp³-hybridized carbons (Fsp3) is 0.120. The number of imidazole rings is 1. The van der Waals surface area contributed by atoms with Gasteiger partial charge in [-0.25, -0.2) is 9.37 Å². The third-order valence-corrected chi connectivity index (χ3v) is 5.85. The first-order valence-electron chi connectivity index (χ1n) is 10.0. The third kappa shape index (κ3) is 4.84. The molecule has 0 aliphatic rings. The molecule has 1 aromatic heterocycles. The number of hydrogen-bond acceptors (Lipinski definition) is 4. The van der Waals surface area contributed by atoms with Crippen molar-refractivity contribution in [2.45, 2.75) is 12.1 Å². The van der Waals surface area contributed by atoms with E-state index in [2.05, 4.69) is 5.32 Å². The average molecular weight is 448 g/mol. The third-order valence-electron chi connectivity index (χ3n) is 4.92. The number of nitrogens with one attached hydrogen (secondary N) is 1. The number of benzene rings is 3. The zero-order chi connectivity index (χ0) is 22.5. The lowest BCUT2D eigenvalue weighted by Crippen LogP contribution is -2.14. The molecule has 1 heterocycles. The zero-order valence-electron chi connectivity index (χ0n) is 17.7. The van der Waals surface area contributed by atoms with Gasteiger partial charge in [0.15, 0.2) is 5.16 Å². The van der Waals surface area contributed by atoms with Crippen molar-refractivity contribution in [1.82, 2.24) is 9.55 Å². The molecule has 0 saturated carbocycles. The Balaban J connectivity index is 1.62. The molecule has 1 amide bonds. The molecule has 0 aliphatic carbocycles. The number of amides is 1. The van der Waals surface area contributed by atoms with Crippen LogP contribution in [0.4, 0.5) is 10.1 Å². The van der Waals surface area contributed by atoms with Crippen molar-refractivity contribution in [2.24, 2.45) is 0 Å². The lowest BCUT2D eigenvalue weighted by molar-refractivity contribution is -0.113. The molecule has 0 unspecified atom stereocenters. The maximum Gasteiger partial charge on any atom is 0.234 e. The van der Waals surface area contributed by atoms with Gasteiger partial charge in [0.2, 0.25) is 5.91 Å². The topological polar surface area (TPSA) is 56.1 Å². The molecule has 4 aromatic rings. The predicted octanol–water partition coefficient (Wildman–Crippen LogP) is 5.73. The molecular weight excluding hydrogens is 425 g/mol. The summed E-state index contributed by atoms with van der Waals surface area (Å²) in [5, 5.41) is 3.50. The molecule has 0 aliphatic heterocycles. The fourth-order valence-electron chi connectivity index (χ4n) is 3.34. The number of carbonyl (C=O) groups excluding carboxylic acids is 1. The fourth-order valence-corrected chi connectivity index (χ4v) is 4.20. The van der Waals surface area contributed by atoms with Crippen molar-refractivity contribution in [3.63, 3.8) is 0 Å². The summed E-state index contributed by atoms with van der Waals surface area (Å²) < 4.78 is 20.4. The maximum absolute atomic E-state index is 13.1. The first-order valence-corrected chi connectivity index (χ1v) is 11.0. The van der Waals surface area contributed by atoms with E-state index in [-0.39, 0.29) is 17.5 Å². The molecule has 0 atom stereocenters. The Bertz CT molecular complexity index is 1210. The Morgan fingerprint density at radius 1 is 1.03 bits per heavy atom. The number of aromatic nitrogens is 2. The molecule has 1 N–H and O–H groups in total. The highest BCUT2D eigenvalue weighted by Gasteiger charge is 2.18. The van der Waals surface area contributed by atoms with Crippen LogP contribution in [0.3, 0.4) is 0 Å². The second-order valence-corrected chi connectivity index (χ2v) is 8.01. The number of rotatable bonds is 7. The number of carbonyl (C=O) groups is 1. The molecule has 3 aromatic carbocycles. The van der Waals surface area contributed by atoms with Gasteiger partial charge in [-0.05, 0) is 55.5 Å². The summed E-state index contributed by atoms with van der Waals surface area (Å²) in [6.07, 6.45) is 0. The van der Waals surface area contributed by atoms with Crippen LogP contribution in [-0.4, -0.2) is 28.3 Å². The first-order chi connectivity index (χ1) is 15.5. The lowest BCUT2D eigenvalue weighted by Gasteiger charge is -2.11. The summed E-state index contributed by atoms with van der Waals surface area (Å²) in [5.74, 6) is 0.397. The highest BCUT2D eigenvalue weighted by atomic mass is 32.2. The predicted molar refractivity (Wildman–Crippen MR) is 126 cm³/mol. The monoisotopic (exact) mass is 447 g/mol. The molecule has 0 radical (unpaired) electrons. The molecule has 4 rings (SSSR count). The van der Waals surface area contributed by atoms with E-state index in [9.17, 15) is 9.18 Å². The summed E-state index contributed by atoms with van der Waals surface area (Å²) in [5.41, 5.74) is 4.33. The van der Waals surface area contributed by atoms with Gasteiger partial charge in [-0.15, -0.1) is 0 Å². The Hall–Kier alpha value is -3.58.